The summed E-state index contributed by atoms with van der Waals surface area (Å²) in [4.78, 5) is 16.0. The van der Waals surface area contributed by atoms with E-state index in [1.54, 1.807) is 4.90 Å². The third kappa shape index (κ3) is 3.48. The van der Waals surface area contributed by atoms with Gasteiger partial charge in [0.25, 0.3) is 0 Å². The summed E-state index contributed by atoms with van der Waals surface area (Å²) in [5.74, 6) is 0.920. The molecule has 1 N–H and O–H groups in total. The van der Waals surface area contributed by atoms with Crippen LogP contribution in [-0.4, -0.2) is 59.6 Å². The number of likely N-dealkylation sites (tertiary alicyclic amines) is 1. The highest BCUT2D eigenvalue weighted by molar-refractivity contribution is 5.81. The lowest BCUT2D eigenvalue weighted by Crippen LogP contribution is -2.50. The first-order valence-corrected chi connectivity index (χ1v) is 7.59. The van der Waals surface area contributed by atoms with Gasteiger partial charge >= 0.3 is 0 Å². The van der Waals surface area contributed by atoms with Crippen LogP contribution in [0.3, 0.4) is 0 Å². The molecule has 0 aromatic carbocycles. The Labute approximate surface area is 116 Å². The molecule has 1 saturated heterocycles. The Morgan fingerprint density at radius 2 is 1.95 bits per heavy atom. The first-order chi connectivity index (χ1) is 8.91. The van der Waals surface area contributed by atoms with Gasteiger partial charge in [-0.25, -0.2) is 0 Å². The fraction of sp³-hybridized carbons (Fsp3) is 0.933. The van der Waals surface area contributed by atoms with E-state index in [0.717, 1.165) is 51.0 Å². The third-order valence-corrected chi connectivity index (χ3v) is 4.79. The number of β-amino-alcohol motifs (C(OH)–C–C–N with tert-alkyl or cyclic N) is 1. The Bertz CT molecular complexity index is 322. The molecule has 4 heteroatoms. The predicted molar refractivity (Wildman–Crippen MR) is 75.9 cm³/mol. The SMILES string of the molecule is CC1CCC(O)(CN2CCC[C@H]2C(=O)N(C)C)CC1. The van der Waals surface area contributed by atoms with Crippen LogP contribution >= 0.6 is 0 Å². The molecule has 0 bridgehead atoms. The zero-order valence-electron chi connectivity index (χ0n) is 12.6. The zero-order chi connectivity index (χ0) is 14.0. The van der Waals surface area contributed by atoms with Crippen LogP contribution in [0.5, 0.6) is 0 Å². The van der Waals surface area contributed by atoms with E-state index in [1.165, 1.54) is 0 Å². The van der Waals surface area contributed by atoms with Gasteiger partial charge in [0.1, 0.15) is 0 Å². The average molecular weight is 268 g/mol. The number of carbonyl (C=O) groups excluding carboxylic acids is 1. The summed E-state index contributed by atoms with van der Waals surface area (Å²) in [5, 5.41) is 10.7. The first kappa shape index (κ1) is 14.8. The summed E-state index contributed by atoms with van der Waals surface area (Å²) in [5.41, 5.74) is -0.568. The van der Waals surface area contributed by atoms with Crippen LogP contribution in [0.1, 0.15) is 45.4 Å². The maximum Gasteiger partial charge on any atom is 0.239 e. The molecular weight excluding hydrogens is 240 g/mol. The van der Waals surface area contributed by atoms with E-state index in [1.807, 2.05) is 14.1 Å². The van der Waals surface area contributed by atoms with Crippen molar-refractivity contribution < 1.29 is 9.90 Å². The molecule has 1 saturated carbocycles. The standard InChI is InChI=1S/C15H28N2O2/c1-12-6-8-15(19,9-7-12)11-17-10-4-5-13(17)14(18)16(2)3/h12-13,19H,4-11H2,1-3H3/t12?,13-,15?/m0/s1. The minimum Gasteiger partial charge on any atom is -0.389 e. The van der Waals surface area contributed by atoms with Gasteiger partial charge in [-0.05, 0) is 51.0 Å². The highest BCUT2D eigenvalue weighted by Crippen LogP contribution is 2.34. The van der Waals surface area contributed by atoms with Crippen LogP contribution in [0.15, 0.2) is 0 Å². The van der Waals surface area contributed by atoms with Crippen molar-refractivity contribution >= 4 is 5.91 Å². The van der Waals surface area contributed by atoms with Crippen LogP contribution in [0.25, 0.3) is 0 Å². The Morgan fingerprint density at radius 1 is 1.32 bits per heavy atom. The molecule has 0 aromatic heterocycles. The summed E-state index contributed by atoms with van der Waals surface area (Å²) >= 11 is 0. The van der Waals surface area contributed by atoms with Crippen molar-refractivity contribution in [2.75, 3.05) is 27.2 Å². The van der Waals surface area contributed by atoms with Crippen molar-refractivity contribution in [2.45, 2.75) is 57.1 Å². The molecule has 1 aliphatic carbocycles. The smallest absolute Gasteiger partial charge is 0.239 e. The Hall–Kier alpha value is -0.610. The molecular formula is C15H28N2O2. The van der Waals surface area contributed by atoms with Gasteiger partial charge in [-0.1, -0.05) is 6.92 Å². The molecule has 2 aliphatic rings. The summed E-state index contributed by atoms with van der Waals surface area (Å²) < 4.78 is 0. The lowest BCUT2D eigenvalue weighted by atomic mass is 9.79. The van der Waals surface area contributed by atoms with Gasteiger partial charge in [-0.2, -0.15) is 0 Å². The molecule has 4 nitrogen and oxygen atoms in total. The van der Waals surface area contributed by atoms with Crippen molar-refractivity contribution in [1.29, 1.82) is 0 Å². The van der Waals surface area contributed by atoms with Crippen molar-refractivity contribution in [2.24, 2.45) is 5.92 Å². The minimum absolute atomic E-state index is 0.0154. The molecule has 1 aliphatic heterocycles. The molecule has 2 rings (SSSR count). The van der Waals surface area contributed by atoms with E-state index in [-0.39, 0.29) is 11.9 Å². The van der Waals surface area contributed by atoms with Gasteiger partial charge in [0.15, 0.2) is 0 Å². The van der Waals surface area contributed by atoms with Crippen molar-refractivity contribution in [3.8, 4) is 0 Å². The van der Waals surface area contributed by atoms with Gasteiger partial charge in [-0.3, -0.25) is 9.69 Å². The quantitative estimate of drug-likeness (QED) is 0.843. The molecule has 110 valence electrons. The van der Waals surface area contributed by atoms with Crippen molar-refractivity contribution in [3.05, 3.63) is 0 Å². The summed E-state index contributed by atoms with van der Waals surface area (Å²) in [6.07, 6.45) is 5.98. The maximum absolute atomic E-state index is 12.2. The minimum atomic E-state index is -0.568. The normalized spacial score (nSPS) is 36.4. The fourth-order valence-corrected chi connectivity index (χ4v) is 3.43. The van der Waals surface area contributed by atoms with Crippen molar-refractivity contribution in [3.63, 3.8) is 0 Å². The van der Waals surface area contributed by atoms with Crippen LogP contribution in [0, 0.1) is 5.92 Å². The third-order valence-electron chi connectivity index (χ3n) is 4.79. The molecule has 2 fully saturated rings. The van der Waals surface area contributed by atoms with Crippen LogP contribution in [0.2, 0.25) is 0 Å². The Kier molecular flexibility index (Phi) is 4.51. The molecule has 0 aromatic rings. The second-order valence-corrected chi connectivity index (χ2v) is 6.77. The second-order valence-electron chi connectivity index (χ2n) is 6.77. The van der Waals surface area contributed by atoms with Crippen LogP contribution in [-0.2, 0) is 4.79 Å². The van der Waals surface area contributed by atoms with E-state index in [4.69, 9.17) is 0 Å². The molecule has 1 heterocycles. The van der Waals surface area contributed by atoms with Gasteiger partial charge in [0.2, 0.25) is 5.91 Å². The highest BCUT2D eigenvalue weighted by atomic mass is 16.3. The van der Waals surface area contributed by atoms with E-state index < -0.39 is 5.60 Å². The fourth-order valence-electron chi connectivity index (χ4n) is 3.43. The monoisotopic (exact) mass is 268 g/mol. The number of nitrogens with zero attached hydrogens (tertiary/aromatic N) is 2. The molecule has 0 radical (unpaired) electrons. The number of amides is 1. The number of likely N-dealkylation sites (N-methyl/N-ethyl adjacent to an activating group) is 1. The molecule has 19 heavy (non-hydrogen) atoms. The van der Waals surface area contributed by atoms with E-state index in [2.05, 4.69) is 11.8 Å². The van der Waals surface area contributed by atoms with Crippen LogP contribution in [0.4, 0.5) is 0 Å². The van der Waals surface area contributed by atoms with Crippen LogP contribution < -0.4 is 0 Å². The number of hydrogen-bond acceptors (Lipinski definition) is 3. The van der Waals surface area contributed by atoms with E-state index in [0.29, 0.717) is 6.54 Å². The number of rotatable bonds is 3. The maximum atomic E-state index is 12.2. The topological polar surface area (TPSA) is 43.8 Å². The average Bonchev–Trinajstić information content (AvgIpc) is 2.80. The molecule has 0 spiro atoms. The summed E-state index contributed by atoms with van der Waals surface area (Å²) in [6.45, 7) is 3.87. The lowest BCUT2D eigenvalue weighted by molar-refractivity contribution is -0.134. The number of carbonyl (C=O) groups is 1. The summed E-state index contributed by atoms with van der Waals surface area (Å²) in [6, 6.07) is -0.0154. The molecule has 0 unspecified atom stereocenters. The first-order valence-electron chi connectivity index (χ1n) is 7.59. The molecule has 1 amide bonds. The highest BCUT2D eigenvalue weighted by Gasteiger charge is 2.39. The summed E-state index contributed by atoms with van der Waals surface area (Å²) in [7, 11) is 3.63. The largest absolute Gasteiger partial charge is 0.389 e. The Balaban J connectivity index is 1.96. The lowest BCUT2D eigenvalue weighted by Gasteiger charge is -2.39. The predicted octanol–water partition coefficient (Wildman–Crippen LogP) is 1.48. The van der Waals surface area contributed by atoms with Crippen molar-refractivity contribution in [1.82, 2.24) is 9.80 Å². The van der Waals surface area contributed by atoms with Gasteiger partial charge in [-0.15, -0.1) is 0 Å². The van der Waals surface area contributed by atoms with Gasteiger partial charge in [0, 0.05) is 20.6 Å². The van der Waals surface area contributed by atoms with Gasteiger partial charge < -0.3 is 10.0 Å². The van der Waals surface area contributed by atoms with E-state index in [9.17, 15) is 9.90 Å². The number of aliphatic hydroxyl groups is 1. The molecule has 1 atom stereocenters. The Morgan fingerprint density at radius 3 is 2.53 bits per heavy atom. The van der Waals surface area contributed by atoms with Gasteiger partial charge in [0.05, 0.1) is 11.6 Å². The van der Waals surface area contributed by atoms with E-state index >= 15 is 0 Å². The second kappa shape index (κ2) is 5.80. The number of hydrogen-bond donors (Lipinski definition) is 1. The zero-order valence-corrected chi connectivity index (χ0v) is 12.6.